The highest BCUT2D eigenvalue weighted by Crippen LogP contribution is 2.30. The Balaban J connectivity index is 1.39. The summed E-state index contributed by atoms with van der Waals surface area (Å²) in [6.07, 6.45) is 1.38. The molecule has 2 aliphatic heterocycles. The van der Waals surface area contributed by atoms with E-state index in [1.54, 1.807) is 18.3 Å². The van der Waals surface area contributed by atoms with Gasteiger partial charge in [0.25, 0.3) is 5.91 Å². The zero-order chi connectivity index (χ0) is 20.4. The average molecular weight is 394 g/mol. The fourth-order valence-electron chi connectivity index (χ4n) is 3.74. The number of benzene rings is 1. The number of nitrogens with zero attached hydrogens (tertiary/aromatic N) is 4. The fourth-order valence-corrected chi connectivity index (χ4v) is 3.74. The Kier molecular flexibility index (Phi) is 5.46. The van der Waals surface area contributed by atoms with E-state index in [1.165, 1.54) is 0 Å². The Morgan fingerprint density at radius 1 is 1.14 bits per heavy atom. The molecule has 0 radical (unpaired) electrons. The van der Waals surface area contributed by atoms with Crippen molar-refractivity contribution in [2.75, 3.05) is 57.0 Å². The first-order valence-electron chi connectivity index (χ1n) is 9.81. The lowest BCUT2D eigenvalue weighted by atomic mass is 10.1. The van der Waals surface area contributed by atoms with Crippen LogP contribution in [-0.4, -0.2) is 73.4 Å². The van der Waals surface area contributed by atoms with Gasteiger partial charge in [0.1, 0.15) is 12.0 Å². The van der Waals surface area contributed by atoms with Crippen LogP contribution in [0, 0.1) is 0 Å². The van der Waals surface area contributed by atoms with Crippen LogP contribution in [0.25, 0.3) is 0 Å². The van der Waals surface area contributed by atoms with Gasteiger partial charge < -0.3 is 20.4 Å². The number of piperazine rings is 1. The number of anilines is 2. The van der Waals surface area contributed by atoms with E-state index < -0.39 is 0 Å². The molecule has 0 saturated carbocycles. The normalized spacial score (nSPS) is 20.1. The van der Waals surface area contributed by atoms with Crippen molar-refractivity contribution in [2.45, 2.75) is 6.17 Å². The van der Waals surface area contributed by atoms with Crippen molar-refractivity contribution < 1.29 is 9.59 Å². The van der Waals surface area contributed by atoms with Gasteiger partial charge in [0, 0.05) is 45.1 Å². The van der Waals surface area contributed by atoms with Crippen LogP contribution in [0.3, 0.4) is 0 Å². The van der Waals surface area contributed by atoms with Crippen LogP contribution in [0.5, 0.6) is 0 Å². The van der Waals surface area contributed by atoms with Crippen molar-refractivity contribution in [3.8, 4) is 0 Å². The molecular formula is C21H26N6O2. The van der Waals surface area contributed by atoms with E-state index in [0.717, 1.165) is 37.4 Å². The van der Waals surface area contributed by atoms with E-state index in [-0.39, 0.29) is 18.0 Å². The molecule has 0 spiro atoms. The van der Waals surface area contributed by atoms with Gasteiger partial charge in [-0.25, -0.2) is 4.98 Å². The molecule has 152 valence electrons. The fraction of sp³-hybridized carbons (Fsp3) is 0.381. The number of pyridine rings is 1. The van der Waals surface area contributed by atoms with E-state index in [4.69, 9.17) is 0 Å². The number of hydrogen-bond acceptors (Lipinski definition) is 6. The van der Waals surface area contributed by atoms with Crippen molar-refractivity contribution in [3.63, 3.8) is 0 Å². The molecule has 0 aliphatic carbocycles. The molecule has 2 aromatic rings. The van der Waals surface area contributed by atoms with Gasteiger partial charge in [0.15, 0.2) is 0 Å². The highest BCUT2D eigenvalue weighted by atomic mass is 16.2. The van der Waals surface area contributed by atoms with Crippen LogP contribution in [0.15, 0.2) is 42.6 Å². The molecule has 1 aromatic heterocycles. The van der Waals surface area contributed by atoms with Crippen molar-refractivity contribution in [1.29, 1.82) is 0 Å². The highest BCUT2D eigenvalue weighted by molar-refractivity contribution is 6.01. The molecule has 3 heterocycles. The number of fused-ring (bicyclic) bond motifs is 1. The molecule has 0 unspecified atom stereocenters. The molecule has 8 nitrogen and oxygen atoms in total. The van der Waals surface area contributed by atoms with Crippen LogP contribution in [0.4, 0.5) is 11.5 Å². The molecule has 29 heavy (non-hydrogen) atoms. The minimum absolute atomic E-state index is 0.0106. The maximum atomic E-state index is 12.4. The maximum Gasteiger partial charge on any atom is 0.256 e. The van der Waals surface area contributed by atoms with Gasteiger partial charge >= 0.3 is 0 Å². The van der Waals surface area contributed by atoms with Gasteiger partial charge in [0.05, 0.1) is 12.1 Å². The minimum Gasteiger partial charge on any atom is -0.335 e. The lowest BCUT2D eigenvalue weighted by Crippen LogP contribution is -2.47. The van der Waals surface area contributed by atoms with Crippen LogP contribution in [-0.2, 0) is 4.79 Å². The summed E-state index contributed by atoms with van der Waals surface area (Å²) >= 11 is 0. The molecule has 2 N–H and O–H groups in total. The topological polar surface area (TPSA) is 80.8 Å². The summed E-state index contributed by atoms with van der Waals surface area (Å²) in [5.74, 6) is 0.509. The average Bonchev–Trinajstić information content (AvgIpc) is 2.73. The second-order valence-corrected chi connectivity index (χ2v) is 7.61. The van der Waals surface area contributed by atoms with Crippen molar-refractivity contribution in [2.24, 2.45) is 0 Å². The second-order valence-electron chi connectivity index (χ2n) is 7.61. The highest BCUT2D eigenvalue weighted by Gasteiger charge is 2.30. The number of nitrogens with one attached hydrogen (secondary N) is 2. The number of amides is 2. The van der Waals surface area contributed by atoms with Crippen LogP contribution in [0.1, 0.15) is 22.1 Å². The van der Waals surface area contributed by atoms with Gasteiger partial charge in [-0.05, 0) is 36.9 Å². The molecule has 2 aliphatic rings. The first kappa shape index (κ1) is 19.4. The van der Waals surface area contributed by atoms with E-state index in [9.17, 15) is 9.59 Å². The number of likely N-dealkylation sites (N-methyl/N-ethyl adjacent to an activating group) is 1. The first-order chi connectivity index (χ1) is 14.0. The molecule has 1 fully saturated rings. The smallest absolute Gasteiger partial charge is 0.256 e. The molecule has 1 aromatic carbocycles. The molecule has 0 bridgehead atoms. The van der Waals surface area contributed by atoms with Crippen LogP contribution < -0.4 is 15.5 Å². The number of carbonyl (C=O) groups is 2. The van der Waals surface area contributed by atoms with Crippen molar-refractivity contribution in [1.82, 2.24) is 20.1 Å². The quantitative estimate of drug-likeness (QED) is 0.810. The van der Waals surface area contributed by atoms with Crippen LogP contribution >= 0.6 is 0 Å². The van der Waals surface area contributed by atoms with Gasteiger partial charge in [-0.2, -0.15) is 0 Å². The van der Waals surface area contributed by atoms with Gasteiger partial charge in [0.2, 0.25) is 5.91 Å². The largest absolute Gasteiger partial charge is 0.335 e. The Morgan fingerprint density at radius 3 is 2.59 bits per heavy atom. The molecule has 4 rings (SSSR count). The summed E-state index contributed by atoms with van der Waals surface area (Å²) in [6.45, 7) is 4.19. The van der Waals surface area contributed by atoms with Crippen molar-refractivity contribution >= 4 is 23.3 Å². The lowest BCUT2D eigenvalue weighted by Gasteiger charge is -2.35. The standard InChI is InChI=1S/C21H26N6O2/c1-25-10-12-27(13-11-25)14-18(28)23-16-7-5-15(6-8-16)19-24-21(29)17-4-3-9-22-20(17)26(19)2/h3-9,19H,10-14H2,1-2H3,(H,23,28)(H,24,29)/t19-/m1/s1. The summed E-state index contributed by atoms with van der Waals surface area (Å²) in [5, 5.41) is 5.96. The van der Waals surface area contributed by atoms with E-state index in [2.05, 4.69) is 32.5 Å². The predicted octanol–water partition coefficient (Wildman–Crippen LogP) is 1.15. The Bertz CT molecular complexity index is 892. The Morgan fingerprint density at radius 2 is 1.86 bits per heavy atom. The predicted molar refractivity (Wildman–Crippen MR) is 112 cm³/mol. The monoisotopic (exact) mass is 394 g/mol. The summed E-state index contributed by atoms with van der Waals surface area (Å²) < 4.78 is 0. The third-order valence-corrected chi connectivity index (χ3v) is 5.49. The summed E-state index contributed by atoms with van der Waals surface area (Å²) in [5.41, 5.74) is 2.24. The SMILES string of the molecule is CN1CCN(CC(=O)Nc2ccc([C@@H]3NC(=O)c4cccnc4N3C)cc2)CC1. The molecule has 1 saturated heterocycles. The molecule has 2 amide bonds. The molecular weight excluding hydrogens is 368 g/mol. The summed E-state index contributed by atoms with van der Waals surface area (Å²) in [4.78, 5) is 35.5. The third-order valence-electron chi connectivity index (χ3n) is 5.49. The van der Waals surface area contributed by atoms with Gasteiger partial charge in [-0.15, -0.1) is 0 Å². The third kappa shape index (κ3) is 4.23. The van der Waals surface area contributed by atoms with Crippen molar-refractivity contribution in [3.05, 3.63) is 53.7 Å². The lowest BCUT2D eigenvalue weighted by molar-refractivity contribution is -0.117. The summed E-state index contributed by atoms with van der Waals surface area (Å²) in [7, 11) is 4.00. The number of aromatic nitrogens is 1. The Hall–Kier alpha value is -2.97. The zero-order valence-corrected chi connectivity index (χ0v) is 16.8. The molecule has 1 atom stereocenters. The number of rotatable bonds is 4. The van der Waals surface area contributed by atoms with E-state index in [1.807, 2.05) is 36.2 Å². The molecule has 8 heteroatoms. The summed E-state index contributed by atoms with van der Waals surface area (Å²) in [6, 6.07) is 11.1. The van der Waals surface area contributed by atoms with Gasteiger partial charge in [-0.3, -0.25) is 14.5 Å². The first-order valence-corrected chi connectivity index (χ1v) is 9.81. The zero-order valence-electron chi connectivity index (χ0n) is 16.8. The second kappa shape index (κ2) is 8.18. The van der Waals surface area contributed by atoms with Crippen LogP contribution in [0.2, 0.25) is 0 Å². The maximum absolute atomic E-state index is 12.4. The Labute approximate surface area is 170 Å². The number of carbonyl (C=O) groups excluding carboxylic acids is 2. The van der Waals surface area contributed by atoms with Gasteiger partial charge in [-0.1, -0.05) is 12.1 Å². The van der Waals surface area contributed by atoms with E-state index in [0.29, 0.717) is 17.9 Å². The minimum atomic E-state index is -0.306. The number of hydrogen-bond donors (Lipinski definition) is 2. The van der Waals surface area contributed by atoms with E-state index >= 15 is 0 Å².